The van der Waals surface area contributed by atoms with Crippen LogP contribution in [0.1, 0.15) is 24.5 Å². The highest BCUT2D eigenvalue weighted by Crippen LogP contribution is 2.31. The largest absolute Gasteiger partial charge is 0.497 e. The number of carbonyl (C=O) groups is 2. The number of carbonyl (C=O) groups excluding carboxylic acids is 2. The second-order valence-corrected chi connectivity index (χ2v) is 8.75. The predicted octanol–water partition coefficient (Wildman–Crippen LogP) is 4.16. The van der Waals surface area contributed by atoms with Gasteiger partial charge in [0.1, 0.15) is 17.5 Å². The molecular formula is C29H33N3O7. The van der Waals surface area contributed by atoms with Crippen molar-refractivity contribution in [3.8, 4) is 17.2 Å². The molecule has 0 spiro atoms. The van der Waals surface area contributed by atoms with E-state index in [0.29, 0.717) is 18.7 Å². The van der Waals surface area contributed by atoms with Crippen LogP contribution in [-0.4, -0.2) is 55.1 Å². The molecule has 10 heteroatoms. The first-order valence-corrected chi connectivity index (χ1v) is 12.6. The molecule has 0 saturated heterocycles. The summed E-state index contributed by atoms with van der Waals surface area (Å²) < 4.78 is 16.2. The average Bonchev–Trinajstić information content (AvgIpc) is 2.96. The Kier molecular flexibility index (Phi) is 10.7. The van der Waals surface area contributed by atoms with Gasteiger partial charge in [-0.25, -0.2) is 0 Å². The Labute approximate surface area is 227 Å². The lowest BCUT2D eigenvalue weighted by Gasteiger charge is -2.31. The zero-order valence-corrected chi connectivity index (χ0v) is 22.3. The predicted molar refractivity (Wildman–Crippen MR) is 146 cm³/mol. The molecule has 3 rings (SSSR count). The highest BCUT2D eigenvalue weighted by Gasteiger charge is 2.30. The summed E-state index contributed by atoms with van der Waals surface area (Å²) in [5, 5.41) is 14.1. The molecule has 3 aromatic rings. The summed E-state index contributed by atoms with van der Waals surface area (Å²) >= 11 is 0. The van der Waals surface area contributed by atoms with Gasteiger partial charge in [0.25, 0.3) is 5.91 Å². The zero-order valence-electron chi connectivity index (χ0n) is 22.3. The van der Waals surface area contributed by atoms with Crippen LogP contribution in [0.2, 0.25) is 0 Å². The Bertz CT molecular complexity index is 1270. The van der Waals surface area contributed by atoms with Crippen LogP contribution in [0.5, 0.6) is 17.2 Å². The minimum Gasteiger partial charge on any atom is -0.497 e. The molecule has 0 aliphatic carbocycles. The number of ether oxygens (including phenoxy) is 3. The van der Waals surface area contributed by atoms with Crippen LogP contribution in [0.15, 0.2) is 72.8 Å². The lowest BCUT2D eigenvalue weighted by atomic mass is 10.0. The van der Waals surface area contributed by atoms with Crippen LogP contribution < -0.4 is 19.5 Å². The summed E-state index contributed by atoms with van der Waals surface area (Å²) in [6, 6.07) is 20.0. The number of nitrogens with one attached hydrogen (secondary N) is 1. The SMILES string of the molecule is CCCNC(=O)[C@@H](Cc1ccccc1)N(Cc1cccc(OC)c1)C(=O)COc1ccc([N+](=O)[O-])c(OC)c1. The van der Waals surface area contributed by atoms with Crippen molar-refractivity contribution in [1.29, 1.82) is 0 Å². The van der Waals surface area contributed by atoms with Crippen molar-refractivity contribution in [3.63, 3.8) is 0 Å². The molecule has 2 amide bonds. The number of nitrogens with zero attached hydrogens (tertiary/aromatic N) is 2. The molecule has 0 aromatic heterocycles. The fourth-order valence-corrected chi connectivity index (χ4v) is 4.01. The first kappa shape index (κ1) is 29.0. The van der Waals surface area contributed by atoms with E-state index < -0.39 is 23.5 Å². The third kappa shape index (κ3) is 8.19. The van der Waals surface area contributed by atoms with Crippen molar-refractivity contribution in [1.82, 2.24) is 10.2 Å². The number of nitro groups is 1. The van der Waals surface area contributed by atoms with Crippen LogP contribution in [0.4, 0.5) is 5.69 Å². The summed E-state index contributed by atoms with van der Waals surface area (Å²) in [5.74, 6) is 0.169. The molecule has 1 N–H and O–H groups in total. The Hall–Kier alpha value is -4.60. The molecule has 0 unspecified atom stereocenters. The molecule has 0 saturated carbocycles. The molecule has 0 aliphatic rings. The molecular weight excluding hydrogens is 502 g/mol. The zero-order chi connectivity index (χ0) is 28.2. The van der Waals surface area contributed by atoms with Gasteiger partial charge in [0.2, 0.25) is 11.7 Å². The number of nitro benzene ring substituents is 1. The molecule has 10 nitrogen and oxygen atoms in total. The van der Waals surface area contributed by atoms with Gasteiger partial charge in [0.15, 0.2) is 6.61 Å². The standard InChI is InChI=1S/C29H33N3O7/c1-4-15-30-29(34)26(17-21-9-6-5-7-10-21)31(19-22-11-8-12-23(16-22)37-2)28(33)20-39-24-13-14-25(32(35)36)27(18-24)38-3/h5-14,16,18,26H,4,15,17,19-20H2,1-3H3,(H,30,34)/t26-/m1/s1. The van der Waals surface area contributed by atoms with Crippen molar-refractivity contribution < 1.29 is 28.7 Å². The van der Waals surface area contributed by atoms with E-state index in [9.17, 15) is 19.7 Å². The van der Waals surface area contributed by atoms with Crippen molar-refractivity contribution in [2.45, 2.75) is 32.4 Å². The third-order valence-electron chi connectivity index (χ3n) is 6.02. The van der Waals surface area contributed by atoms with Gasteiger partial charge in [0.05, 0.1) is 19.1 Å². The van der Waals surface area contributed by atoms with E-state index in [1.54, 1.807) is 13.2 Å². The third-order valence-corrected chi connectivity index (χ3v) is 6.02. The van der Waals surface area contributed by atoms with Gasteiger partial charge >= 0.3 is 5.69 Å². The normalized spacial score (nSPS) is 11.3. The summed E-state index contributed by atoms with van der Waals surface area (Å²) in [7, 11) is 2.88. The number of benzene rings is 3. The topological polar surface area (TPSA) is 120 Å². The van der Waals surface area contributed by atoms with Crippen LogP contribution in [0.3, 0.4) is 0 Å². The van der Waals surface area contributed by atoms with Gasteiger partial charge in [-0.2, -0.15) is 0 Å². The second-order valence-electron chi connectivity index (χ2n) is 8.75. The summed E-state index contributed by atoms with van der Waals surface area (Å²) in [5.41, 5.74) is 1.46. The maximum absolute atomic E-state index is 13.7. The molecule has 0 radical (unpaired) electrons. The van der Waals surface area contributed by atoms with E-state index >= 15 is 0 Å². The van der Waals surface area contributed by atoms with Gasteiger partial charge < -0.3 is 24.4 Å². The fraction of sp³-hybridized carbons (Fsp3) is 0.310. The molecule has 3 aromatic carbocycles. The number of amides is 2. The minimum absolute atomic E-state index is 0.0130. The number of hydrogen-bond donors (Lipinski definition) is 1. The first-order valence-electron chi connectivity index (χ1n) is 12.6. The highest BCUT2D eigenvalue weighted by molar-refractivity contribution is 5.88. The molecule has 206 valence electrons. The van der Waals surface area contributed by atoms with Crippen molar-refractivity contribution in [2.24, 2.45) is 0 Å². The second kappa shape index (κ2) is 14.4. The maximum Gasteiger partial charge on any atom is 0.311 e. The fourth-order valence-electron chi connectivity index (χ4n) is 4.01. The molecule has 0 heterocycles. The molecule has 0 bridgehead atoms. The van der Waals surface area contributed by atoms with Crippen molar-refractivity contribution >= 4 is 17.5 Å². The number of rotatable bonds is 14. The Balaban J connectivity index is 1.91. The van der Waals surface area contributed by atoms with Crippen LogP contribution in [0.25, 0.3) is 0 Å². The summed E-state index contributed by atoms with van der Waals surface area (Å²) in [4.78, 5) is 39.2. The van der Waals surface area contributed by atoms with Gasteiger partial charge in [0, 0.05) is 31.6 Å². The first-order chi connectivity index (χ1) is 18.9. The lowest BCUT2D eigenvalue weighted by molar-refractivity contribution is -0.385. The maximum atomic E-state index is 13.7. The molecule has 39 heavy (non-hydrogen) atoms. The van der Waals surface area contributed by atoms with Crippen molar-refractivity contribution in [2.75, 3.05) is 27.4 Å². The van der Waals surface area contributed by atoms with E-state index in [1.165, 1.54) is 30.2 Å². The number of methoxy groups -OCH3 is 2. The highest BCUT2D eigenvalue weighted by atomic mass is 16.6. The Morgan fingerprint density at radius 3 is 2.36 bits per heavy atom. The Morgan fingerprint density at radius 1 is 0.949 bits per heavy atom. The van der Waals surface area contributed by atoms with E-state index in [0.717, 1.165) is 17.5 Å². The lowest BCUT2D eigenvalue weighted by Crippen LogP contribution is -2.51. The quantitative estimate of drug-likeness (QED) is 0.243. The molecule has 0 fully saturated rings. The van der Waals surface area contributed by atoms with E-state index in [-0.39, 0.29) is 29.6 Å². The van der Waals surface area contributed by atoms with Gasteiger partial charge in [-0.05, 0) is 35.7 Å². The van der Waals surface area contributed by atoms with E-state index in [1.807, 2.05) is 55.5 Å². The van der Waals surface area contributed by atoms with E-state index in [2.05, 4.69) is 5.32 Å². The average molecular weight is 536 g/mol. The summed E-state index contributed by atoms with van der Waals surface area (Å²) in [6.45, 7) is 2.18. The van der Waals surface area contributed by atoms with Crippen LogP contribution in [-0.2, 0) is 22.6 Å². The monoisotopic (exact) mass is 535 g/mol. The van der Waals surface area contributed by atoms with Crippen molar-refractivity contribution in [3.05, 3.63) is 94.0 Å². The number of hydrogen-bond acceptors (Lipinski definition) is 7. The summed E-state index contributed by atoms with van der Waals surface area (Å²) in [6.07, 6.45) is 1.05. The minimum atomic E-state index is -0.812. The van der Waals surface area contributed by atoms with Gasteiger partial charge in [-0.3, -0.25) is 19.7 Å². The molecule has 1 atom stereocenters. The molecule has 0 aliphatic heterocycles. The van der Waals surface area contributed by atoms with Crippen LogP contribution in [0, 0.1) is 10.1 Å². The Morgan fingerprint density at radius 2 is 1.69 bits per heavy atom. The van der Waals surface area contributed by atoms with E-state index in [4.69, 9.17) is 14.2 Å². The van der Waals surface area contributed by atoms with Gasteiger partial charge in [-0.1, -0.05) is 49.4 Å². The smallest absolute Gasteiger partial charge is 0.311 e. The van der Waals surface area contributed by atoms with Crippen LogP contribution >= 0.6 is 0 Å². The van der Waals surface area contributed by atoms with Gasteiger partial charge in [-0.15, -0.1) is 0 Å².